The molecular formula is C36H60O18. The van der Waals surface area contributed by atoms with Gasteiger partial charge >= 0.3 is 11.9 Å². The van der Waals surface area contributed by atoms with E-state index in [1.165, 1.54) is 28.3 Å². The largest absolute Gasteiger partial charge is 0.460 e. The van der Waals surface area contributed by atoms with Gasteiger partial charge in [0.1, 0.15) is 42.7 Å². The lowest BCUT2D eigenvalue weighted by Gasteiger charge is -2.47. The number of aliphatic hydroxyl groups excluding tert-OH is 2. The highest BCUT2D eigenvalue weighted by Gasteiger charge is 2.51. The number of rotatable bonds is 13. The average molecular weight is 781 g/mol. The lowest BCUT2D eigenvalue weighted by molar-refractivity contribution is -0.356. The molecule has 18 heteroatoms. The molecule has 0 saturated carbocycles. The van der Waals surface area contributed by atoms with Gasteiger partial charge in [-0.3, -0.25) is 9.59 Å². The molecule has 2 N–H and O–H groups in total. The number of esters is 2. The fraction of sp³-hybridized carbons (Fsp3) is 0.944. The van der Waals surface area contributed by atoms with Crippen LogP contribution in [-0.2, 0) is 75.9 Å². The first kappa shape index (κ1) is 43.5. The molecule has 5 aliphatic rings. The summed E-state index contributed by atoms with van der Waals surface area (Å²) in [5, 5.41) is 21.9. The topological polar surface area (TPSA) is 204 Å². The van der Waals surface area contributed by atoms with Gasteiger partial charge in [0.05, 0.1) is 55.3 Å². The number of carbonyl (C=O) groups excluding carboxylic acids is 2. The first-order valence-electron chi connectivity index (χ1n) is 18.7. The summed E-state index contributed by atoms with van der Waals surface area (Å²) in [7, 11) is 6.06. The maximum atomic E-state index is 11.9. The minimum Gasteiger partial charge on any atom is -0.460 e. The molecule has 5 rings (SSSR count). The second-order valence-electron chi connectivity index (χ2n) is 14.7. The molecule has 5 aliphatic heterocycles. The lowest BCUT2D eigenvalue weighted by Crippen LogP contribution is -2.62. The standard InChI is InChI=1S/C36H60O18/c1-15-29(40)34(44-10)35(50-20(6)37)36(49-15)54-33-19(5)48-27(14-24(33)43-9)51-30-16(2)46-26(11-21(30)38)52-32-18(4)47-28(13-23(32)42-8)53-31-17(3)45-25(39)12-22(31)41-7/h15-19,21-24,26-36,38,40H,11-14H2,1-10H3/t15-,16-,17-,18-,19-,21+,22+,23+,24+,26+,27+,28+,29+,30-,31-,32-,33-,34+,35-,36+/m1/s1. The number of carbonyl (C=O) groups is 2. The molecule has 5 saturated heterocycles. The van der Waals surface area contributed by atoms with E-state index in [9.17, 15) is 19.8 Å². The van der Waals surface area contributed by atoms with Crippen LogP contribution in [-0.4, -0.2) is 173 Å². The van der Waals surface area contributed by atoms with Gasteiger partial charge in [0, 0.05) is 54.6 Å². The van der Waals surface area contributed by atoms with E-state index in [1.807, 2.05) is 6.92 Å². The van der Waals surface area contributed by atoms with Crippen molar-refractivity contribution in [2.45, 2.75) is 190 Å². The third kappa shape index (κ3) is 10.1. The van der Waals surface area contributed by atoms with E-state index in [4.69, 9.17) is 66.3 Å². The normalized spacial score (nSPS) is 47.5. The first-order chi connectivity index (χ1) is 25.7. The van der Waals surface area contributed by atoms with Gasteiger partial charge in [-0.05, 0) is 34.6 Å². The third-order valence-corrected chi connectivity index (χ3v) is 10.9. The lowest BCUT2D eigenvalue weighted by atomic mass is 9.97. The predicted molar refractivity (Wildman–Crippen MR) is 182 cm³/mol. The number of aliphatic hydroxyl groups is 2. The van der Waals surface area contributed by atoms with Crippen LogP contribution < -0.4 is 0 Å². The molecule has 54 heavy (non-hydrogen) atoms. The van der Waals surface area contributed by atoms with Crippen molar-refractivity contribution >= 4 is 11.9 Å². The van der Waals surface area contributed by atoms with Gasteiger partial charge in [-0.25, -0.2) is 0 Å². The maximum absolute atomic E-state index is 11.9. The van der Waals surface area contributed by atoms with Crippen LogP contribution in [0.1, 0.15) is 67.2 Å². The summed E-state index contributed by atoms with van der Waals surface area (Å²) in [6, 6.07) is 0. The fourth-order valence-electron chi connectivity index (χ4n) is 8.02. The minimum absolute atomic E-state index is 0.0853. The molecule has 18 nitrogen and oxygen atoms in total. The van der Waals surface area contributed by atoms with Gasteiger partial charge in [0.15, 0.2) is 31.3 Å². The summed E-state index contributed by atoms with van der Waals surface area (Å²) in [6.07, 6.45) is -13.3. The van der Waals surface area contributed by atoms with Crippen molar-refractivity contribution in [1.29, 1.82) is 0 Å². The fourth-order valence-corrected chi connectivity index (χ4v) is 8.02. The highest BCUT2D eigenvalue weighted by molar-refractivity contribution is 5.71. The Morgan fingerprint density at radius 2 is 1.06 bits per heavy atom. The van der Waals surface area contributed by atoms with E-state index in [1.54, 1.807) is 34.8 Å². The summed E-state index contributed by atoms with van der Waals surface area (Å²) in [5.74, 6) is -0.924. The maximum Gasteiger partial charge on any atom is 0.308 e. The molecule has 0 bridgehead atoms. The molecule has 0 aromatic rings. The second-order valence-corrected chi connectivity index (χ2v) is 14.7. The summed E-state index contributed by atoms with van der Waals surface area (Å²) in [5.41, 5.74) is 0. The summed E-state index contributed by atoms with van der Waals surface area (Å²) >= 11 is 0. The van der Waals surface area contributed by atoms with Gasteiger partial charge in [-0.15, -0.1) is 0 Å². The van der Waals surface area contributed by atoms with E-state index >= 15 is 0 Å². The smallest absolute Gasteiger partial charge is 0.308 e. The van der Waals surface area contributed by atoms with E-state index < -0.39 is 129 Å². The van der Waals surface area contributed by atoms with Crippen LogP contribution in [0.2, 0.25) is 0 Å². The van der Waals surface area contributed by atoms with Crippen LogP contribution in [0, 0.1) is 0 Å². The van der Waals surface area contributed by atoms with Crippen molar-refractivity contribution in [1.82, 2.24) is 0 Å². The van der Waals surface area contributed by atoms with E-state index in [2.05, 4.69) is 0 Å². The van der Waals surface area contributed by atoms with Crippen LogP contribution in [0.25, 0.3) is 0 Å². The highest BCUT2D eigenvalue weighted by atomic mass is 16.8. The van der Waals surface area contributed by atoms with Crippen molar-refractivity contribution in [3.05, 3.63) is 0 Å². The highest BCUT2D eigenvalue weighted by Crippen LogP contribution is 2.36. The zero-order valence-electron chi connectivity index (χ0n) is 32.8. The SMILES string of the molecule is CO[C@H]1[C@@H](O)[C@@H](C)O[C@@H](O[C@H]2[C@@H](OC)C[C@H](O[C@H]3[C@@H](O)C[C@H](O[C@H]4[C@@H](OC)C[C@H](O[C@H]5[C@@H](OC)CC(=O)O[C@@H]5C)O[C@@H]4C)O[C@@H]3C)O[C@@H]2C)[C@@H]1OC(C)=O. The van der Waals surface area contributed by atoms with Gasteiger partial charge < -0.3 is 76.5 Å². The van der Waals surface area contributed by atoms with Crippen molar-refractivity contribution in [2.24, 2.45) is 0 Å². The molecule has 5 fully saturated rings. The molecule has 0 amide bonds. The monoisotopic (exact) mass is 780 g/mol. The molecule has 0 aromatic carbocycles. The first-order valence-corrected chi connectivity index (χ1v) is 18.7. The number of methoxy groups -OCH3 is 4. The van der Waals surface area contributed by atoms with Crippen LogP contribution >= 0.6 is 0 Å². The molecule has 5 heterocycles. The molecular weight excluding hydrogens is 720 g/mol. The van der Waals surface area contributed by atoms with Crippen molar-refractivity contribution in [3.63, 3.8) is 0 Å². The summed E-state index contributed by atoms with van der Waals surface area (Å²) < 4.78 is 83.3. The Bertz CT molecular complexity index is 1200. The average Bonchev–Trinajstić information content (AvgIpc) is 3.11. The van der Waals surface area contributed by atoms with Crippen LogP contribution in [0.4, 0.5) is 0 Å². The number of cyclic esters (lactones) is 1. The zero-order chi connectivity index (χ0) is 39.4. The van der Waals surface area contributed by atoms with E-state index in [0.29, 0.717) is 6.42 Å². The van der Waals surface area contributed by atoms with Crippen LogP contribution in [0.15, 0.2) is 0 Å². The van der Waals surface area contributed by atoms with Gasteiger partial charge in [-0.2, -0.15) is 0 Å². The van der Waals surface area contributed by atoms with Crippen LogP contribution in [0.5, 0.6) is 0 Å². The van der Waals surface area contributed by atoms with Gasteiger partial charge in [-0.1, -0.05) is 0 Å². The Kier molecular flexibility index (Phi) is 15.5. The van der Waals surface area contributed by atoms with Crippen molar-refractivity contribution in [2.75, 3.05) is 28.4 Å². The number of ether oxygens (including phenoxy) is 14. The minimum atomic E-state index is -1.08. The Hall–Kier alpha value is -1.62. The van der Waals surface area contributed by atoms with Gasteiger partial charge in [0.2, 0.25) is 0 Å². The third-order valence-electron chi connectivity index (χ3n) is 10.9. The number of hydrogen-bond acceptors (Lipinski definition) is 18. The quantitative estimate of drug-likeness (QED) is 0.247. The molecule has 20 atom stereocenters. The zero-order valence-corrected chi connectivity index (χ0v) is 32.8. The molecule has 0 aliphatic carbocycles. The Balaban J connectivity index is 1.15. The Morgan fingerprint density at radius 1 is 0.574 bits per heavy atom. The molecule has 312 valence electrons. The van der Waals surface area contributed by atoms with E-state index in [0.717, 1.165) is 0 Å². The van der Waals surface area contributed by atoms with Gasteiger partial charge in [0.25, 0.3) is 0 Å². The summed E-state index contributed by atoms with van der Waals surface area (Å²) in [6.45, 7) is 10.1. The molecule has 0 aromatic heterocycles. The second kappa shape index (κ2) is 19.2. The molecule has 0 unspecified atom stereocenters. The predicted octanol–water partition coefficient (Wildman–Crippen LogP) is 0.726. The summed E-state index contributed by atoms with van der Waals surface area (Å²) in [4.78, 5) is 23.8. The van der Waals surface area contributed by atoms with Crippen molar-refractivity contribution < 1.29 is 86.1 Å². The molecule has 0 spiro atoms. The molecule has 0 radical (unpaired) electrons. The Morgan fingerprint density at radius 3 is 1.56 bits per heavy atom. The Labute approximate surface area is 316 Å². The van der Waals surface area contributed by atoms with E-state index in [-0.39, 0.29) is 25.2 Å². The van der Waals surface area contributed by atoms with Crippen LogP contribution in [0.3, 0.4) is 0 Å². The number of hydrogen-bond donors (Lipinski definition) is 2. The van der Waals surface area contributed by atoms with Crippen molar-refractivity contribution in [3.8, 4) is 0 Å².